The Bertz CT molecular complexity index is 598. The number of amides is 1. The van der Waals surface area contributed by atoms with Crippen LogP contribution in [0.4, 0.5) is 4.39 Å². The molecule has 2 rings (SSSR count). The molecule has 3 nitrogen and oxygen atoms in total. The van der Waals surface area contributed by atoms with Crippen molar-refractivity contribution in [3.8, 4) is 5.75 Å². The molecule has 0 fully saturated rings. The summed E-state index contributed by atoms with van der Waals surface area (Å²) >= 11 is 0. The summed E-state index contributed by atoms with van der Waals surface area (Å²) in [5.74, 6) is -0.0264. The van der Waals surface area contributed by atoms with E-state index < -0.39 is 6.10 Å². The third-order valence-electron chi connectivity index (χ3n) is 3.41. The zero-order valence-corrected chi connectivity index (χ0v) is 12.8. The van der Waals surface area contributed by atoms with Crippen LogP contribution in [0.5, 0.6) is 5.75 Å². The number of ether oxygens (including phenoxy) is 1. The molecule has 1 N–H and O–H groups in total. The van der Waals surface area contributed by atoms with Crippen LogP contribution in [0.25, 0.3) is 0 Å². The molecule has 0 saturated carbocycles. The van der Waals surface area contributed by atoms with Crippen LogP contribution in [-0.2, 0) is 4.79 Å². The van der Waals surface area contributed by atoms with Gasteiger partial charge in [-0.05, 0) is 43.2 Å². The first-order valence-electron chi connectivity index (χ1n) is 7.37. The Kier molecular flexibility index (Phi) is 5.53. The van der Waals surface area contributed by atoms with Gasteiger partial charge in [0, 0.05) is 0 Å². The minimum absolute atomic E-state index is 0.0976. The van der Waals surface area contributed by atoms with Crippen molar-refractivity contribution >= 4 is 5.91 Å². The normalized spacial score (nSPS) is 13.2. The molecule has 4 heteroatoms. The SMILES string of the molecule is CC[C@@H](Oc1ccc(F)cc1)C(=O)N[C@H](C)c1ccccc1. The molecule has 2 atom stereocenters. The first-order chi connectivity index (χ1) is 10.6. The monoisotopic (exact) mass is 301 g/mol. The minimum Gasteiger partial charge on any atom is -0.481 e. The number of carbonyl (C=O) groups excluding carboxylic acids is 1. The van der Waals surface area contributed by atoms with E-state index in [4.69, 9.17) is 4.74 Å². The molecule has 116 valence electrons. The average molecular weight is 301 g/mol. The van der Waals surface area contributed by atoms with E-state index in [-0.39, 0.29) is 17.8 Å². The Morgan fingerprint density at radius 3 is 2.36 bits per heavy atom. The van der Waals surface area contributed by atoms with Crippen molar-refractivity contribution in [2.24, 2.45) is 0 Å². The summed E-state index contributed by atoms with van der Waals surface area (Å²) in [5, 5.41) is 2.94. The third kappa shape index (κ3) is 4.32. The van der Waals surface area contributed by atoms with Gasteiger partial charge < -0.3 is 10.1 Å². The number of carbonyl (C=O) groups is 1. The van der Waals surface area contributed by atoms with Gasteiger partial charge in [-0.1, -0.05) is 37.3 Å². The standard InChI is InChI=1S/C18H20FNO2/c1-3-17(22-16-11-9-15(19)10-12-16)18(21)20-13(2)14-7-5-4-6-8-14/h4-13,17H,3H2,1-2H3,(H,20,21)/t13-,17-/m1/s1. The molecule has 0 saturated heterocycles. The summed E-state index contributed by atoms with van der Waals surface area (Å²) in [5.41, 5.74) is 1.03. The number of nitrogens with one attached hydrogen (secondary N) is 1. The van der Waals surface area contributed by atoms with Gasteiger partial charge in [-0.15, -0.1) is 0 Å². The van der Waals surface area contributed by atoms with E-state index in [2.05, 4.69) is 5.32 Å². The van der Waals surface area contributed by atoms with Crippen LogP contribution in [0.1, 0.15) is 31.9 Å². The van der Waals surface area contributed by atoms with Gasteiger partial charge in [0.15, 0.2) is 6.10 Å². The fraction of sp³-hybridized carbons (Fsp3) is 0.278. The van der Waals surface area contributed by atoms with E-state index in [0.29, 0.717) is 12.2 Å². The molecule has 0 aliphatic heterocycles. The second kappa shape index (κ2) is 7.59. The van der Waals surface area contributed by atoms with Crippen LogP contribution >= 0.6 is 0 Å². The molecule has 0 aromatic heterocycles. The number of benzene rings is 2. The number of halogens is 1. The summed E-state index contributed by atoms with van der Waals surface area (Å²) in [6, 6.07) is 15.3. The van der Waals surface area contributed by atoms with Gasteiger partial charge in [0.1, 0.15) is 11.6 Å². The smallest absolute Gasteiger partial charge is 0.261 e. The molecule has 0 radical (unpaired) electrons. The van der Waals surface area contributed by atoms with E-state index >= 15 is 0 Å². The fourth-order valence-electron chi connectivity index (χ4n) is 2.13. The van der Waals surface area contributed by atoms with E-state index in [1.165, 1.54) is 24.3 Å². The minimum atomic E-state index is -0.600. The molecule has 0 heterocycles. The third-order valence-corrected chi connectivity index (χ3v) is 3.41. The highest BCUT2D eigenvalue weighted by molar-refractivity contribution is 5.81. The van der Waals surface area contributed by atoms with Gasteiger partial charge in [0.2, 0.25) is 0 Å². The first kappa shape index (κ1) is 16.0. The lowest BCUT2D eigenvalue weighted by molar-refractivity contribution is -0.128. The second-order valence-corrected chi connectivity index (χ2v) is 5.11. The molecular weight excluding hydrogens is 281 g/mol. The first-order valence-corrected chi connectivity index (χ1v) is 7.37. The van der Waals surface area contributed by atoms with E-state index in [9.17, 15) is 9.18 Å². The Morgan fingerprint density at radius 1 is 1.14 bits per heavy atom. The maximum atomic E-state index is 12.9. The Hall–Kier alpha value is -2.36. The summed E-state index contributed by atoms with van der Waals surface area (Å²) in [7, 11) is 0. The van der Waals surface area contributed by atoms with Gasteiger partial charge in [0.25, 0.3) is 5.91 Å². The van der Waals surface area contributed by atoms with Crippen LogP contribution in [-0.4, -0.2) is 12.0 Å². The lowest BCUT2D eigenvalue weighted by atomic mass is 10.1. The highest BCUT2D eigenvalue weighted by Gasteiger charge is 2.20. The van der Waals surface area contributed by atoms with Crippen LogP contribution < -0.4 is 10.1 Å². The lowest BCUT2D eigenvalue weighted by Gasteiger charge is -2.20. The van der Waals surface area contributed by atoms with Crippen LogP contribution in [0.2, 0.25) is 0 Å². The molecule has 0 spiro atoms. The summed E-state index contributed by atoms with van der Waals surface area (Å²) in [4.78, 5) is 12.3. The molecule has 2 aromatic rings. The molecule has 0 bridgehead atoms. The zero-order chi connectivity index (χ0) is 15.9. The lowest BCUT2D eigenvalue weighted by Crippen LogP contribution is -2.39. The van der Waals surface area contributed by atoms with Crippen LogP contribution in [0.3, 0.4) is 0 Å². The highest BCUT2D eigenvalue weighted by Crippen LogP contribution is 2.16. The van der Waals surface area contributed by atoms with Crippen LogP contribution in [0, 0.1) is 5.82 Å². The van der Waals surface area contributed by atoms with E-state index in [1.807, 2.05) is 44.2 Å². The molecule has 0 aliphatic rings. The van der Waals surface area contributed by atoms with E-state index in [0.717, 1.165) is 5.56 Å². The van der Waals surface area contributed by atoms with Gasteiger partial charge in [0.05, 0.1) is 6.04 Å². The van der Waals surface area contributed by atoms with Crippen molar-refractivity contribution in [1.82, 2.24) is 5.32 Å². The highest BCUT2D eigenvalue weighted by atomic mass is 19.1. The zero-order valence-electron chi connectivity index (χ0n) is 12.8. The maximum absolute atomic E-state index is 12.9. The number of hydrogen-bond acceptors (Lipinski definition) is 2. The Morgan fingerprint density at radius 2 is 1.77 bits per heavy atom. The van der Waals surface area contributed by atoms with Gasteiger partial charge in [-0.3, -0.25) is 4.79 Å². The molecule has 22 heavy (non-hydrogen) atoms. The molecular formula is C18H20FNO2. The van der Waals surface area contributed by atoms with Crippen molar-refractivity contribution < 1.29 is 13.9 Å². The van der Waals surface area contributed by atoms with Crippen molar-refractivity contribution in [1.29, 1.82) is 0 Å². The number of hydrogen-bond donors (Lipinski definition) is 1. The van der Waals surface area contributed by atoms with Gasteiger partial charge >= 0.3 is 0 Å². The van der Waals surface area contributed by atoms with Crippen molar-refractivity contribution in [3.63, 3.8) is 0 Å². The van der Waals surface area contributed by atoms with Crippen molar-refractivity contribution in [2.75, 3.05) is 0 Å². The molecule has 0 unspecified atom stereocenters. The predicted octanol–water partition coefficient (Wildman–Crippen LogP) is 3.86. The Balaban J connectivity index is 1.98. The quantitative estimate of drug-likeness (QED) is 0.880. The maximum Gasteiger partial charge on any atom is 0.261 e. The largest absolute Gasteiger partial charge is 0.481 e. The predicted molar refractivity (Wildman–Crippen MR) is 84.1 cm³/mol. The molecule has 0 aliphatic carbocycles. The van der Waals surface area contributed by atoms with Crippen molar-refractivity contribution in [3.05, 3.63) is 66.0 Å². The average Bonchev–Trinajstić information content (AvgIpc) is 2.55. The Labute approximate surface area is 130 Å². The molecule has 2 aromatic carbocycles. The van der Waals surface area contributed by atoms with Crippen molar-refractivity contribution in [2.45, 2.75) is 32.4 Å². The van der Waals surface area contributed by atoms with Gasteiger partial charge in [-0.25, -0.2) is 4.39 Å². The topological polar surface area (TPSA) is 38.3 Å². The summed E-state index contributed by atoms with van der Waals surface area (Å²) in [6.07, 6.45) is -0.0679. The van der Waals surface area contributed by atoms with Crippen LogP contribution in [0.15, 0.2) is 54.6 Å². The summed E-state index contributed by atoms with van der Waals surface area (Å²) in [6.45, 7) is 3.80. The summed E-state index contributed by atoms with van der Waals surface area (Å²) < 4.78 is 18.5. The second-order valence-electron chi connectivity index (χ2n) is 5.11. The molecule has 1 amide bonds. The fourth-order valence-corrected chi connectivity index (χ4v) is 2.13. The van der Waals surface area contributed by atoms with E-state index in [1.54, 1.807) is 0 Å². The van der Waals surface area contributed by atoms with Gasteiger partial charge in [-0.2, -0.15) is 0 Å². The number of rotatable bonds is 6.